The van der Waals surface area contributed by atoms with E-state index in [0.717, 1.165) is 0 Å². The molecule has 0 spiro atoms. The highest BCUT2D eigenvalue weighted by Gasteiger charge is 2.34. The number of halogens is 2. The fourth-order valence-corrected chi connectivity index (χ4v) is 3.47. The van der Waals surface area contributed by atoms with E-state index in [2.05, 4.69) is 5.32 Å². The summed E-state index contributed by atoms with van der Waals surface area (Å²) in [5, 5.41) is 3.07. The number of amides is 1. The highest BCUT2D eigenvalue weighted by Crippen LogP contribution is 2.51. The second-order valence-corrected chi connectivity index (χ2v) is 5.98. The first-order valence-corrected chi connectivity index (χ1v) is 7.95. The van der Waals surface area contributed by atoms with E-state index in [9.17, 15) is 9.18 Å². The van der Waals surface area contributed by atoms with Crippen molar-refractivity contribution in [1.82, 2.24) is 0 Å². The Labute approximate surface area is 149 Å². The Kier molecular flexibility index (Phi) is 4.72. The Hall–Kier alpha value is -2.47. The molecule has 0 bridgehead atoms. The van der Waals surface area contributed by atoms with Crippen molar-refractivity contribution in [2.75, 3.05) is 26.6 Å². The number of hydrogen-bond acceptors (Lipinski definition) is 4. The summed E-state index contributed by atoms with van der Waals surface area (Å²) < 4.78 is 29.7. The lowest BCUT2D eigenvalue weighted by Crippen LogP contribution is -2.24. The van der Waals surface area contributed by atoms with Crippen LogP contribution < -0.4 is 19.5 Å². The number of nitrogens with one attached hydrogen (secondary N) is 1. The first-order chi connectivity index (χ1) is 12.0. The molecule has 1 heterocycles. The molecule has 1 N–H and O–H groups in total. The number of carbonyl (C=O) groups is 1. The summed E-state index contributed by atoms with van der Waals surface area (Å²) in [6.45, 7) is 0. The largest absolute Gasteiger partial charge is 0.493 e. The van der Waals surface area contributed by atoms with E-state index in [0.29, 0.717) is 34.1 Å². The summed E-state index contributed by atoms with van der Waals surface area (Å²) in [5.74, 6) is 0.293. The molecule has 1 amide bonds. The van der Waals surface area contributed by atoms with Crippen LogP contribution in [0.15, 0.2) is 24.3 Å². The van der Waals surface area contributed by atoms with Gasteiger partial charge in [0.1, 0.15) is 5.82 Å². The maximum atomic E-state index is 13.4. The van der Waals surface area contributed by atoms with Gasteiger partial charge in [-0.15, -0.1) is 0 Å². The molecule has 5 nitrogen and oxygen atoms in total. The van der Waals surface area contributed by atoms with Gasteiger partial charge in [0.2, 0.25) is 11.7 Å². The Morgan fingerprint density at radius 2 is 1.84 bits per heavy atom. The number of anilines is 1. The second-order valence-electron chi connectivity index (χ2n) is 5.58. The van der Waals surface area contributed by atoms with Crippen molar-refractivity contribution in [2.24, 2.45) is 0 Å². The molecule has 3 rings (SSSR count). The van der Waals surface area contributed by atoms with Crippen LogP contribution in [0.25, 0.3) is 0 Å². The molecule has 132 valence electrons. The minimum Gasteiger partial charge on any atom is -0.493 e. The summed E-state index contributed by atoms with van der Waals surface area (Å²) in [6, 6.07) is 5.82. The number of rotatable bonds is 4. The van der Waals surface area contributed by atoms with Crippen molar-refractivity contribution < 1.29 is 23.4 Å². The third-order valence-electron chi connectivity index (χ3n) is 4.22. The van der Waals surface area contributed by atoms with Gasteiger partial charge in [0, 0.05) is 29.0 Å². The Bertz CT molecular complexity index is 840. The Morgan fingerprint density at radius 3 is 2.44 bits per heavy atom. The van der Waals surface area contributed by atoms with Gasteiger partial charge in [0.25, 0.3) is 0 Å². The molecule has 1 atom stereocenters. The smallest absolute Gasteiger partial charge is 0.225 e. The number of fused-ring (bicyclic) bond motifs is 1. The molecule has 2 aromatic carbocycles. The van der Waals surface area contributed by atoms with Gasteiger partial charge in [0.15, 0.2) is 11.5 Å². The van der Waals surface area contributed by atoms with Gasteiger partial charge in [-0.25, -0.2) is 4.39 Å². The predicted octanol–water partition coefficient (Wildman–Crippen LogP) is 3.98. The van der Waals surface area contributed by atoms with E-state index in [1.807, 2.05) is 0 Å². The van der Waals surface area contributed by atoms with Crippen molar-refractivity contribution in [3.05, 3.63) is 46.2 Å². The molecule has 1 aliphatic rings. The van der Waals surface area contributed by atoms with Crippen LogP contribution in [-0.4, -0.2) is 27.2 Å². The van der Waals surface area contributed by atoms with Gasteiger partial charge in [-0.1, -0.05) is 17.7 Å². The van der Waals surface area contributed by atoms with E-state index in [-0.39, 0.29) is 17.4 Å². The van der Waals surface area contributed by atoms with E-state index >= 15 is 0 Å². The van der Waals surface area contributed by atoms with Gasteiger partial charge >= 0.3 is 0 Å². The minimum atomic E-state index is -0.437. The fraction of sp³-hybridized carbons (Fsp3) is 0.278. The molecule has 0 radical (unpaired) electrons. The van der Waals surface area contributed by atoms with Crippen LogP contribution in [0, 0.1) is 5.82 Å². The van der Waals surface area contributed by atoms with Crippen LogP contribution in [0.1, 0.15) is 23.5 Å². The van der Waals surface area contributed by atoms with E-state index in [1.165, 1.54) is 33.5 Å². The van der Waals surface area contributed by atoms with E-state index in [4.69, 9.17) is 25.8 Å². The quantitative estimate of drug-likeness (QED) is 0.890. The summed E-state index contributed by atoms with van der Waals surface area (Å²) in [7, 11) is 4.52. The van der Waals surface area contributed by atoms with Crippen LogP contribution >= 0.6 is 11.6 Å². The summed E-state index contributed by atoms with van der Waals surface area (Å²) in [4.78, 5) is 12.2. The lowest BCUT2D eigenvalue weighted by molar-refractivity contribution is -0.116. The maximum Gasteiger partial charge on any atom is 0.225 e. The van der Waals surface area contributed by atoms with E-state index < -0.39 is 11.7 Å². The fourth-order valence-electron chi connectivity index (χ4n) is 3.17. The average molecular weight is 366 g/mol. The zero-order valence-corrected chi connectivity index (χ0v) is 14.7. The van der Waals surface area contributed by atoms with Crippen LogP contribution in [-0.2, 0) is 4.79 Å². The van der Waals surface area contributed by atoms with Crippen LogP contribution in [0.2, 0.25) is 5.02 Å². The third-order valence-corrected chi connectivity index (χ3v) is 4.55. The molecule has 1 unspecified atom stereocenters. The lowest BCUT2D eigenvalue weighted by Gasteiger charge is -2.30. The molecular formula is C18H17ClFNO4. The van der Waals surface area contributed by atoms with Crippen molar-refractivity contribution in [1.29, 1.82) is 0 Å². The van der Waals surface area contributed by atoms with Gasteiger partial charge in [-0.05, 0) is 17.7 Å². The van der Waals surface area contributed by atoms with Crippen molar-refractivity contribution in [2.45, 2.75) is 12.3 Å². The maximum absolute atomic E-state index is 13.4. The molecule has 25 heavy (non-hydrogen) atoms. The topological polar surface area (TPSA) is 56.8 Å². The normalized spacial score (nSPS) is 16.0. The molecule has 0 fully saturated rings. The number of benzene rings is 2. The molecule has 0 saturated heterocycles. The minimum absolute atomic E-state index is 0.157. The number of carbonyl (C=O) groups excluding carboxylic acids is 1. The Balaban J connectivity index is 2.27. The van der Waals surface area contributed by atoms with Gasteiger partial charge in [0.05, 0.1) is 27.0 Å². The highest BCUT2D eigenvalue weighted by molar-refractivity contribution is 6.31. The summed E-state index contributed by atoms with van der Waals surface area (Å²) in [5.41, 5.74) is 1.91. The van der Waals surface area contributed by atoms with E-state index in [1.54, 1.807) is 12.1 Å². The molecule has 2 aromatic rings. The lowest BCUT2D eigenvalue weighted by atomic mass is 9.83. The molecule has 0 saturated carbocycles. The van der Waals surface area contributed by atoms with Gasteiger partial charge in [-0.2, -0.15) is 0 Å². The van der Waals surface area contributed by atoms with Crippen LogP contribution in [0.3, 0.4) is 0 Å². The summed E-state index contributed by atoms with van der Waals surface area (Å²) >= 11 is 6.24. The predicted molar refractivity (Wildman–Crippen MR) is 92.6 cm³/mol. The molecule has 7 heteroatoms. The zero-order chi connectivity index (χ0) is 18.1. The van der Waals surface area contributed by atoms with Crippen molar-refractivity contribution in [3.63, 3.8) is 0 Å². The Morgan fingerprint density at radius 1 is 1.12 bits per heavy atom. The zero-order valence-electron chi connectivity index (χ0n) is 14.0. The SMILES string of the molecule is COc1cc2c(c(OC)c1OC)C(c1ccc(F)cc1Cl)CC(=O)N2. The number of methoxy groups -OCH3 is 3. The van der Waals surface area contributed by atoms with Crippen LogP contribution in [0.4, 0.5) is 10.1 Å². The highest BCUT2D eigenvalue weighted by atomic mass is 35.5. The molecule has 1 aliphatic heterocycles. The molecule has 0 aromatic heterocycles. The van der Waals surface area contributed by atoms with Crippen molar-refractivity contribution in [3.8, 4) is 17.2 Å². The van der Waals surface area contributed by atoms with Crippen LogP contribution in [0.5, 0.6) is 17.2 Å². The average Bonchev–Trinajstić information content (AvgIpc) is 2.59. The number of hydrogen-bond donors (Lipinski definition) is 1. The standard InChI is InChI=1S/C18H17ClFNO4/c1-23-14-8-13-16(18(25-3)17(14)24-2)11(7-15(22)21-13)10-5-4-9(20)6-12(10)19/h4-6,8,11H,7H2,1-3H3,(H,21,22). The number of ether oxygens (including phenoxy) is 3. The van der Waals surface area contributed by atoms with Gasteiger partial charge in [-0.3, -0.25) is 4.79 Å². The molecule has 0 aliphatic carbocycles. The second kappa shape index (κ2) is 6.80. The molecular weight excluding hydrogens is 349 g/mol. The summed E-state index contributed by atoms with van der Waals surface area (Å²) in [6.07, 6.45) is 0.157. The first kappa shape index (κ1) is 17.4. The first-order valence-electron chi connectivity index (χ1n) is 7.57. The van der Waals surface area contributed by atoms with Gasteiger partial charge < -0.3 is 19.5 Å². The third kappa shape index (κ3) is 2.98. The monoisotopic (exact) mass is 365 g/mol. The van der Waals surface area contributed by atoms with Crippen molar-refractivity contribution >= 4 is 23.2 Å².